The fourth-order valence-electron chi connectivity index (χ4n) is 2.53. The van der Waals surface area contributed by atoms with Gasteiger partial charge in [-0.1, -0.05) is 69.3 Å². The van der Waals surface area contributed by atoms with Crippen molar-refractivity contribution in [3.8, 4) is 0 Å². The van der Waals surface area contributed by atoms with Crippen LogP contribution in [0, 0.1) is 5.41 Å². The Balaban J connectivity index is 2.17. The molecule has 0 saturated heterocycles. The van der Waals surface area contributed by atoms with Crippen LogP contribution in [0.1, 0.15) is 57.8 Å². The predicted octanol–water partition coefficient (Wildman–Crippen LogP) is 4.28. The van der Waals surface area contributed by atoms with E-state index in [0.29, 0.717) is 4.90 Å². The maximum absolute atomic E-state index is 12.9. The van der Waals surface area contributed by atoms with E-state index < -0.39 is 16.4 Å². The lowest BCUT2D eigenvalue weighted by Gasteiger charge is -2.24. The maximum Gasteiger partial charge on any atom is 0.225 e. The summed E-state index contributed by atoms with van der Waals surface area (Å²) in [5.41, 5.74) is 1.46. The molecule has 5 heteroatoms. The molecule has 1 amide bonds. The highest BCUT2D eigenvalue weighted by atomic mass is 32.2. The first kappa shape index (κ1) is 20.3. The summed E-state index contributed by atoms with van der Waals surface area (Å²) in [7, 11) is -1.38. The minimum Gasteiger partial charge on any atom is -0.349 e. The zero-order valence-electron chi connectivity index (χ0n) is 16.1. The van der Waals surface area contributed by atoms with Gasteiger partial charge in [-0.3, -0.25) is 4.79 Å². The highest BCUT2D eigenvalue weighted by molar-refractivity contribution is 7.83. The molecule has 2 N–H and O–H groups in total. The lowest BCUT2D eigenvalue weighted by molar-refractivity contribution is -0.129. The summed E-state index contributed by atoms with van der Waals surface area (Å²) in [5.74, 6) is -0.0313. The van der Waals surface area contributed by atoms with Gasteiger partial charge >= 0.3 is 0 Å². The molecule has 0 bridgehead atoms. The van der Waals surface area contributed by atoms with Crippen molar-refractivity contribution in [1.29, 1.82) is 0 Å². The molecule has 0 aromatic heterocycles. The first-order chi connectivity index (χ1) is 12.2. The van der Waals surface area contributed by atoms with Gasteiger partial charge in [0.15, 0.2) is 0 Å². The Kier molecular flexibility index (Phi) is 6.73. The molecule has 4 nitrogen and oxygen atoms in total. The first-order valence-electron chi connectivity index (χ1n) is 8.83. The second kappa shape index (κ2) is 8.60. The van der Waals surface area contributed by atoms with Gasteiger partial charge in [-0.05, 0) is 31.0 Å². The second-order valence-corrected chi connectivity index (χ2v) is 8.71. The van der Waals surface area contributed by atoms with Crippen LogP contribution in [0.25, 0.3) is 0 Å². The molecular weight excluding hydrogens is 344 g/mol. The summed E-state index contributed by atoms with van der Waals surface area (Å²) < 4.78 is 16.1. The average Bonchev–Trinajstić information content (AvgIpc) is 2.61. The van der Waals surface area contributed by atoms with Crippen LogP contribution in [-0.4, -0.2) is 10.1 Å². The molecule has 2 rings (SSSR count). The third-order valence-corrected chi connectivity index (χ3v) is 5.54. The van der Waals surface area contributed by atoms with Crippen LogP contribution < -0.4 is 10.0 Å². The lowest BCUT2D eigenvalue weighted by atomic mass is 9.94. The monoisotopic (exact) mass is 372 g/mol. The highest BCUT2D eigenvalue weighted by Gasteiger charge is 2.24. The number of carbonyl (C=O) groups excluding carboxylic acids is 1. The van der Waals surface area contributed by atoms with Gasteiger partial charge in [0.2, 0.25) is 5.91 Å². The van der Waals surface area contributed by atoms with Crippen molar-refractivity contribution in [3.05, 3.63) is 65.7 Å². The van der Waals surface area contributed by atoms with E-state index in [-0.39, 0.29) is 18.0 Å². The van der Waals surface area contributed by atoms with Crippen molar-refractivity contribution in [2.24, 2.45) is 5.41 Å². The molecule has 0 aliphatic carbocycles. The molecule has 2 aromatic rings. The molecular formula is C21H28N2O2S. The third-order valence-electron chi connectivity index (χ3n) is 4.20. The first-order valence-corrected chi connectivity index (χ1v) is 9.98. The largest absolute Gasteiger partial charge is 0.349 e. The Labute approximate surface area is 159 Å². The minimum atomic E-state index is -1.38. The van der Waals surface area contributed by atoms with Crippen LogP contribution in [0.3, 0.4) is 0 Å². The van der Waals surface area contributed by atoms with Crippen LogP contribution in [0.5, 0.6) is 0 Å². The van der Waals surface area contributed by atoms with Crippen molar-refractivity contribution in [1.82, 2.24) is 10.0 Å². The normalized spacial score (nSPS) is 15.1. The number of nitrogens with one attached hydrogen (secondary N) is 2. The molecule has 0 aliphatic rings. The molecule has 0 spiro atoms. The molecule has 0 fully saturated rings. The van der Waals surface area contributed by atoms with E-state index in [4.69, 9.17) is 0 Å². The number of rotatable bonds is 6. The van der Waals surface area contributed by atoms with E-state index in [1.807, 2.05) is 89.2 Å². The van der Waals surface area contributed by atoms with Gasteiger partial charge in [0.1, 0.15) is 11.0 Å². The summed E-state index contributed by atoms with van der Waals surface area (Å²) >= 11 is 0. The van der Waals surface area contributed by atoms with Gasteiger partial charge in [0, 0.05) is 11.5 Å². The quantitative estimate of drug-likeness (QED) is 0.795. The van der Waals surface area contributed by atoms with E-state index in [9.17, 15) is 9.00 Å². The second-order valence-electron chi connectivity index (χ2n) is 7.50. The van der Waals surface area contributed by atoms with Gasteiger partial charge in [-0.25, -0.2) is 8.93 Å². The number of benzene rings is 2. The van der Waals surface area contributed by atoms with Crippen LogP contribution in [0.4, 0.5) is 0 Å². The Hall–Kier alpha value is -1.98. The maximum atomic E-state index is 12.9. The Morgan fingerprint density at radius 2 is 1.50 bits per heavy atom. The van der Waals surface area contributed by atoms with Crippen LogP contribution >= 0.6 is 0 Å². The smallest absolute Gasteiger partial charge is 0.225 e. The molecule has 0 aliphatic heterocycles. The molecule has 0 saturated carbocycles. The zero-order valence-corrected chi connectivity index (χ0v) is 16.9. The third kappa shape index (κ3) is 5.26. The molecule has 0 radical (unpaired) electrons. The van der Waals surface area contributed by atoms with Gasteiger partial charge in [0.25, 0.3) is 0 Å². The number of hydrogen-bond donors (Lipinski definition) is 2. The Morgan fingerprint density at radius 1 is 0.923 bits per heavy atom. The highest BCUT2D eigenvalue weighted by Crippen LogP contribution is 2.24. The average molecular weight is 373 g/mol. The fraction of sp³-hybridized carbons (Fsp3) is 0.381. The lowest BCUT2D eigenvalue weighted by Crippen LogP contribution is -2.37. The van der Waals surface area contributed by atoms with Crippen LogP contribution in [-0.2, 0) is 15.8 Å². The summed E-state index contributed by atoms with van der Waals surface area (Å²) in [4.78, 5) is 13.0. The summed E-state index contributed by atoms with van der Waals surface area (Å²) in [6.45, 7) is 9.54. The summed E-state index contributed by atoms with van der Waals surface area (Å²) in [5, 5.41) is 3.02. The van der Waals surface area contributed by atoms with Crippen LogP contribution in [0.2, 0.25) is 0 Å². The van der Waals surface area contributed by atoms with E-state index in [1.54, 1.807) is 0 Å². The predicted molar refractivity (Wildman–Crippen MR) is 107 cm³/mol. The van der Waals surface area contributed by atoms with Crippen molar-refractivity contribution in [2.75, 3.05) is 0 Å². The van der Waals surface area contributed by atoms with Crippen molar-refractivity contribution in [3.63, 3.8) is 0 Å². The number of carbonyl (C=O) groups is 1. The molecule has 3 atom stereocenters. The van der Waals surface area contributed by atoms with Gasteiger partial charge < -0.3 is 5.32 Å². The van der Waals surface area contributed by atoms with Gasteiger partial charge in [0.05, 0.1) is 10.9 Å². The zero-order chi connectivity index (χ0) is 19.3. The van der Waals surface area contributed by atoms with E-state index >= 15 is 0 Å². The summed E-state index contributed by atoms with van der Waals surface area (Å²) in [6.07, 6.45) is 0. The molecule has 0 heterocycles. The van der Waals surface area contributed by atoms with Gasteiger partial charge in [-0.2, -0.15) is 0 Å². The molecule has 2 aromatic carbocycles. The Morgan fingerprint density at radius 3 is 2.12 bits per heavy atom. The fourth-order valence-corrected chi connectivity index (χ4v) is 3.78. The minimum absolute atomic E-state index is 0.0313. The van der Waals surface area contributed by atoms with Crippen LogP contribution in [0.15, 0.2) is 59.5 Å². The number of hydrogen-bond acceptors (Lipinski definition) is 2. The SMILES string of the molecule is C[C@@H](N[S@](=O)c1ccccc1[C@@H](C)NC(=O)C(C)(C)C)c1ccccc1. The topological polar surface area (TPSA) is 58.2 Å². The van der Waals surface area contributed by atoms with Crippen molar-refractivity contribution < 1.29 is 9.00 Å². The molecule has 26 heavy (non-hydrogen) atoms. The summed E-state index contributed by atoms with van der Waals surface area (Å²) in [6, 6.07) is 17.1. The van der Waals surface area contributed by atoms with Crippen molar-refractivity contribution in [2.45, 2.75) is 51.6 Å². The standard InChI is InChI=1S/C21H28N2O2S/c1-15(17-11-7-6-8-12-17)23-26(25)19-14-10-9-13-18(19)16(2)22-20(24)21(3,4)5/h6-16,23H,1-5H3,(H,22,24)/t15-,16-,26-/m1/s1. The van der Waals surface area contributed by atoms with E-state index in [1.165, 1.54) is 0 Å². The van der Waals surface area contributed by atoms with E-state index in [2.05, 4.69) is 10.0 Å². The van der Waals surface area contributed by atoms with Crippen molar-refractivity contribution >= 4 is 16.9 Å². The Bertz CT molecular complexity index is 769. The van der Waals surface area contributed by atoms with Gasteiger partial charge in [-0.15, -0.1) is 0 Å². The van der Waals surface area contributed by atoms with E-state index in [0.717, 1.165) is 11.1 Å². The molecule has 0 unspecified atom stereocenters. The molecule has 140 valence electrons. The number of amides is 1.